The number of ether oxygens (including phenoxy) is 1. The summed E-state index contributed by atoms with van der Waals surface area (Å²) in [6.45, 7) is 6.49. The van der Waals surface area contributed by atoms with Crippen LogP contribution in [0.1, 0.15) is 43.9 Å². The van der Waals surface area contributed by atoms with E-state index in [4.69, 9.17) is 10.5 Å². The molecule has 0 amide bonds. The molecular weight excluding hydrogens is 198 g/mol. The van der Waals surface area contributed by atoms with E-state index in [1.807, 2.05) is 6.92 Å². The Labute approximate surface area is 98.8 Å². The van der Waals surface area contributed by atoms with Crippen LogP contribution in [0.3, 0.4) is 0 Å². The molecule has 0 aromatic heterocycles. The van der Waals surface area contributed by atoms with Gasteiger partial charge in [0.15, 0.2) is 0 Å². The van der Waals surface area contributed by atoms with Crippen molar-refractivity contribution in [2.45, 2.75) is 39.7 Å². The van der Waals surface area contributed by atoms with Gasteiger partial charge in [0, 0.05) is 6.04 Å². The zero-order valence-corrected chi connectivity index (χ0v) is 10.8. The zero-order valence-electron chi connectivity index (χ0n) is 10.8. The summed E-state index contributed by atoms with van der Waals surface area (Å²) in [4.78, 5) is 0. The largest absolute Gasteiger partial charge is 0.496 e. The maximum atomic E-state index is 6.16. The second-order valence-electron chi connectivity index (χ2n) is 4.81. The molecule has 2 nitrogen and oxygen atoms in total. The Bertz CT molecular complexity index is 334. The summed E-state index contributed by atoms with van der Waals surface area (Å²) in [6.07, 6.45) is 2.20. The highest BCUT2D eigenvalue weighted by molar-refractivity contribution is 5.37. The molecule has 1 rings (SSSR count). The van der Waals surface area contributed by atoms with Gasteiger partial charge in [-0.05, 0) is 42.9 Å². The summed E-state index contributed by atoms with van der Waals surface area (Å²) in [6, 6.07) is 6.35. The number of hydrogen-bond acceptors (Lipinski definition) is 2. The molecule has 0 spiro atoms. The van der Waals surface area contributed by atoms with Crippen molar-refractivity contribution in [2.75, 3.05) is 7.11 Å². The minimum absolute atomic E-state index is 0.122. The van der Waals surface area contributed by atoms with E-state index in [9.17, 15) is 0 Å². The zero-order chi connectivity index (χ0) is 12.1. The predicted molar refractivity (Wildman–Crippen MR) is 68.7 cm³/mol. The number of rotatable bonds is 5. The molecule has 0 aliphatic heterocycles. The summed E-state index contributed by atoms with van der Waals surface area (Å²) in [7, 11) is 1.70. The Morgan fingerprint density at radius 1 is 1.25 bits per heavy atom. The van der Waals surface area contributed by atoms with Crippen molar-refractivity contribution >= 4 is 0 Å². The lowest BCUT2D eigenvalue weighted by molar-refractivity contribution is 0.410. The molecule has 0 saturated heterocycles. The third-order valence-corrected chi connectivity index (χ3v) is 2.92. The Morgan fingerprint density at radius 2 is 1.94 bits per heavy atom. The number of hydrogen-bond donors (Lipinski definition) is 1. The van der Waals surface area contributed by atoms with Crippen molar-refractivity contribution in [1.29, 1.82) is 0 Å². The van der Waals surface area contributed by atoms with E-state index >= 15 is 0 Å². The molecule has 2 N–H and O–H groups in total. The van der Waals surface area contributed by atoms with E-state index in [1.165, 1.54) is 5.56 Å². The van der Waals surface area contributed by atoms with Crippen LogP contribution in [0.5, 0.6) is 5.75 Å². The first kappa shape index (κ1) is 13.0. The lowest BCUT2D eigenvalue weighted by Crippen LogP contribution is -2.11. The number of methoxy groups -OCH3 is 1. The van der Waals surface area contributed by atoms with Gasteiger partial charge in [-0.25, -0.2) is 0 Å². The molecule has 0 radical (unpaired) electrons. The maximum absolute atomic E-state index is 6.16. The summed E-state index contributed by atoms with van der Waals surface area (Å²) < 4.78 is 5.31. The highest BCUT2D eigenvalue weighted by atomic mass is 16.5. The van der Waals surface area contributed by atoms with E-state index in [0.717, 1.165) is 24.2 Å². The average Bonchev–Trinajstić information content (AvgIpc) is 2.26. The van der Waals surface area contributed by atoms with Gasteiger partial charge in [-0.3, -0.25) is 0 Å². The van der Waals surface area contributed by atoms with Crippen LogP contribution in [-0.2, 0) is 0 Å². The van der Waals surface area contributed by atoms with E-state index < -0.39 is 0 Å². The first-order valence-corrected chi connectivity index (χ1v) is 5.94. The minimum atomic E-state index is 0.122. The first-order chi connectivity index (χ1) is 7.54. The summed E-state index contributed by atoms with van der Waals surface area (Å²) >= 11 is 0. The molecule has 0 unspecified atom stereocenters. The van der Waals surface area contributed by atoms with Crippen LogP contribution in [-0.4, -0.2) is 7.11 Å². The van der Waals surface area contributed by atoms with Gasteiger partial charge in [-0.1, -0.05) is 26.0 Å². The predicted octanol–water partition coefficient (Wildman–Crippen LogP) is 3.44. The van der Waals surface area contributed by atoms with Crippen molar-refractivity contribution < 1.29 is 4.74 Å². The Hall–Kier alpha value is -1.02. The topological polar surface area (TPSA) is 35.2 Å². The monoisotopic (exact) mass is 221 g/mol. The van der Waals surface area contributed by atoms with Crippen LogP contribution in [0.4, 0.5) is 0 Å². The smallest absolute Gasteiger partial charge is 0.122 e. The normalized spacial score (nSPS) is 12.9. The van der Waals surface area contributed by atoms with E-state index in [-0.39, 0.29) is 6.04 Å². The Balaban J connectivity index is 2.72. The molecule has 0 bridgehead atoms. The molecular formula is C14H23NO. The first-order valence-electron chi connectivity index (χ1n) is 5.94. The van der Waals surface area contributed by atoms with Crippen LogP contribution in [0.2, 0.25) is 0 Å². The summed E-state index contributed by atoms with van der Waals surface area (Å²) in [5.74, 6) is 1.64. The average molecular weight is 221 g/mol. The Kier molecular flexibility index (Phi) is 4.81. The number of nitrogens with two attached hydrogens (primary N) is 1. The second-order valence-corrected chi connectivity index (χ2v) is 4.81. The van der Waals surface area contributed by atoms with Crippen LogP contribution < -0.4 is 10.5 Å². The number of benzene rings is 1. The lowest BCUT2D eigenvalue weighted by Gasteiger charge is -2.15. The van der Waals surface area contributed by atoms with Gasteiger partial charge in [0.25, 0.3) is 0 Å². The molecule has 1 aromatic rings. The van der Waals surface area contributed by atoms with Crippen LogP contribution in [0.15, 0.2) is 18.2 Å². The number of aryl methyl sites for hydroxylation is 1. The van der Waals surface area contributed by atoms with Gasteiger partial charge in [0.2, 0.25) is 0 Å². The molecule has 90 valence electrons. The van der Waals surface area contributed by atoms with E-state index in [2.05, 4.69) is 32.0 Å². The third-order valence-electron chi connectivity index (χ3n) is 2.92. The van der Waals surface area contributed by atoms with Crippen molar-refractivity contribution in [1.82, 2.24) is 0 Å². The fourth-order valence-corrected chi connectivity index (χ4v) is 1.75. The van der Waals surface area contributed by atoms with Crippen molar-refractivity contribution in [3.8, 4) is 5.75 Å². The highest BCUT2D eigenvalue weighted by Gasteiger charge is 2.09. The minimum Gasteiger partial charge on any atom is -0.496 e. The van der Waals surface area contributed by atoms with Gasteiger partial charge in [0.1, 0.15) is 5.75 Å². The molecule has 2 heteroatoms. The molecule has 0 fully saturated rings. The SMILES string of the molecule is COc1cc([C@H](N)CCC(C)C)ccc1C. The van der Waals surface area contributed by atoms with Crippen LogP contribution in [0.25, 0.3) is 0 Å². The van der Waals surface area contributed by atoms with Gasteiger partial charge >= 0.3 is 0 Å². The molecule has 0 heterocycles. The lowest BCUT2D eigenvalue weighted by atomic mass is 9.97. The summed E-state index contributed by atoms with van der Waals surface area (Å²) in [5, 5.41) is 0. The molecule has 1 atom stereocenters. The van der Waals surface area contributed by atoms with Crippen molar-refractivity contribution in [3.05, 3.63) is 29.3 Å². The Morgan fingerprint density at radius 3 is 2.50 bits per heavy atom. The maximum Gasteiger partial charge on any atom is 0.122 e. The van der Waals surface area contributed by atoms with Crippen molar-refractivity contribution in [2.24, 2.45) is 11.7 Å². The van der Waals surface area contributed by atoms with Gasteiger partial charge in [0.05, 0.1) is 7.11 Å². The quantitative estimate of drug-likeness (QED) is 0.826. The molecule has 1 aromatic carbocycles. The van der Waals surface area contributed by atoms with Gasteiger partial charge in [-0.2, -0.15) is 0 Å². The third kappa shape index (κ3) is 3.53. The second kappa shape index (κ2) is 5.90. The van der Waals surface area contributed by atoms with E-state index in [0.29, 0.717) is 5.92 Å². The standard InChI is InChI=1S/C14H23NO/c1-10(2)5-8-13(15)12-7-6-11(3)14(9-12)16-4/h6-7,9-10,13H,5,8,15H2,1-4H3/t13-/m1/s1. The molecule has 0 aliphatic carbocycles. The fraction of sp³-hybridized carbons (Fsp3) is 0.571. The van der Waals surface area contributed by atoms with Gasteiger partial charge < -0.3 is 10.5 Å². The summed E-state index contributed by atoms with van der Waals surface area (Å²) in [5.41, 5.74) is 8.49. The fourth-order valence-electron chi connectivity index (χ4n) is 1.75. The van der Waals surface area contributed by atoms with Crippen molar-refractivity contribution in [3.63, 3.8) is 0 Å². The van der Waals surface area contributed by atoms with Crippen LogP contribution in [0, 0.1) is 12.8 Å². The highest BCUT2D eigenvalue weighted by Crippen LogP contribution is 2.25. The molecule has 16 heavy (non-hydrogen) atoms. The molecule has 0 aliphatic rings. The van der Waals surface area contributed by atoms with Crippen LogP contribution >= 0.6 is 0 Å². The van der Waals surface area contributed by atoms with E-state index in [1.54, 1.807) is 7.11 Å². The molecule has 0 saturated carbocycles. The van der Waals surface area contributed by atoms with Gasteiger partial charge in [-0.15, -0.1) is 0 Å².